The van der Waals surface area contributed by atoms with Crippen molar-refractivity contribution in [3.63, 3.8) is 0 Å². The van der Waals surface area contributed by atoms with E-state index in [4.69, 9.17) is 0 Å². The molecule has 1 amide bonds. The fourth-order valence-electron chi connectivity index (χ4n) is 4.12. The van der Waals surface area contributed by atoms with Gasteiger partial charge >= 0.3 is 0 Å². The van der Waals surface area contributed by atoms with Crippen molar-refractivity contribution < 1.29 is 4.79 Å². The van der Waals surface area contributed by atoms with Crippen molar-refractivity contribution >= 4 is 5.91 Å². The lowest BCUT2D eigenvalue weighted by molar-refractivity contribution is 0.0632. The highest BCUT2D eigenvalue weighted by Gasteiger charge is 2.24. The van der Waals surface area contributed by atoms with Crippen LogP contribution in [0.25, 0.3) is 11.3 Å². The van der Waals surface area contributed by atoms with E-state index in [-0.39, 0.29) is 5.91 Å². The zero-order chi connectivity index (χ0) is 21.1. The van der Waals surface area contributed by atoms with Crippen LogP contribution in [0.4, 0.5) is 0 Å². The molecule has 1 fully saturated rings. The molecular weight excluding hydrogens is 378 g/mol. The van der Waals surface area contributed by atoms with Gasteiger partial charge in [0.05, 0.1) is 11.4 Å². The highest BCUT2D eigenvalue weighted by Crippen LogP contribution is 2.26. The molecule has 0 aliphatic carbocycles. The number of aryl methyl sites for hydroxylation is 2. The molecule has 8 heteroatoms. The summed E-state index contributed by atoms with van der Waals surface area (Å²) in [6.07, 6.45) is 4.67. The third kappa shape index (κ3) is 4.14. The van der Waals surface area contributed by atoms with E-state index in [9.17, 15) is 4.79 Å². The molecule has 0 aromatic carbocycles. The zero-order valence-corrected chi connectivity index (χ0v) is 17.9. The second-order valence-corrected chi connectivity index (χ2v) is 7.77. The van der Waals surface area contributed by atoms with Gasteiger partial charge in [-0.15, -0.1) is 0 Å². The number of H-pyrrole nitrogens is 1. The predicted molar refractivity (Wildman–Crippen MR) is 115 cm³/mol. The van der Waals surface area contributed by atoms with Crippen LogP contribution in [0, 0.1) is 13.8 Å². The standard InChI is InChI=1S/C22H29N7O/c1-4-29-17(3)21(16(2)26-29)19-15-20(25-24-19)22(30)28-13-11-27(12-14-28)10-7-18-5-8-23-9-6-18/h5-6,8-9,15H,4,7,10-14H2,1-3H3,(H,24,25). The molecule has 3 aromatic rings. The van der Waals surface area contributed by atoms with E-state index >= 15 is 0 Å². The number of aromatic nitrogens is 5. The average molecular weight is 408 g/mol. The number of hydrogen-bond donors (Lipinski definition) is 1. The molecule has 8 nitrogen and oxygen atoms in total. The lowest BCUT2D eigenvalue weighted by atomic mass is 10.1. The minimum Gasteiger partial charge on any atom is -0.335 e. The van der Waals surface area contributed by atoms with Gasteiger partial charge in [-0.1, -0.05) is 0 Å². The van der Waals surface area contributed by atoms with Crippen molar-refractivity contribution in [1.29, 1.82) is 0 Å². The molecule has 0 atom stereocenters. The van der Waals surface area contributed by atoms with Crippen molar-refractivity contribution in [2.75, 3.05) is 32.7 Å². The molecule has 30 heavy (non-hydrogen) atoms. The Bertz CT molecular complexity index is 1000. The second-order valence-electron chi connectivity index (χ2n) is 7.77. The summed E-state index contributed by atoms with van der Waals surface area (Å²) in [7, 11) is 0. The summed E-state index contributed by atoms with van der Waals surface area (Å²) in [6, 6.07) is 5.97. The lowest BCUT2D eigenvalue weighted by Gasteiger charge is -2.34. The van der Waals surface area contributed by atoms with Gasteiger partial charge in [0, 0.05) is 62.9 Å². The topological polar surface area (TPSA) is 82.9 Å². The zero-order valence-electron chi connectivity index (χ0n) is 17.9. The number of hydrogen-bond acceptors (Lipinski definition) is 5. The van der Waals surface area contributed by atoms with Crippen LogP contribution in [0.5, 0.6) is 0 Å². The number of rotatable bonds is 6. The summed E-state index contributed by atoms with van der Waals surface area (Å²) < 4.78 is 1.96. The molecule has 1 N–H and O–H groups in total. The smallest absolute Gasteiger partial charge is 0.271 e. The number of nitrogens with one attached hydrogen (secondary N) is 1. The van der Waals surface area contributed by atoms with Crippen LogP contribution in [0.15, 0.2) is 30.6 Å². The van der Waals surface area contributed by atoms with Gasteiger partial charge in [0.25, 0.3) is 5.91 Å². The van der Waals surface area contributed by atoms with E-state index in [2.05, 4.69) is 44.2 Å². The van der Waals surface area contributed by atoms with Crippen LogP contribution in [-0.4, -0.2) is 73.4 Å². The summed E-state index contributed by atoms with van der Waals surface area (Å²) >= 11 is 0. The summed E-state index contributed by atoms with van der Waals surface area (Å²) in [6.45, 7) is 11.1. The first kappa shape index (κ1) is 20.3. The van der Waals surface area contributed by atoms with Gasteiger partial charge in [-0.2, -0.15) is 10.2 Å². The molecule has 1 saturated heterocycles. The van der Waals surface area contributed by atoms with Crippen molar-refractivity contribution in [3.8, 4) is 11.3 Å². The van der Waals surface area contributed by atoms with Gasteiger partial charge in [-0.3, -0.25) is 24.5 Å². The molecule has 4 rings (SSSR count). The van der Waals surface area contributed by atoms with E-state index < -0.39 is 0 Å². The molecule has 0 radical (unpaired) electrons. The third-order valence-corrected chi connectivity index (χ3v) is 5.87. The molecule has 0 unspecified atom stereocenters. The number of pyridine rings is 1. The number of aromatic amines is 1. The normalized spacial score (nSPS) is 15.0. The Morgan fingerprint density at radius 2 is 1.87 bits per heavy atom. The van der Waals surface area contributed by atoms with E-state index in [1.165, 1.54) is 5.56 Å². The quantitative estimate of drug-likeness (QED) is 0.678. The van der Waals surface area contributed by atoms with Gasteiger partial charge in [0.15, 0.2) is 0 Å². The first-order chi connectivity index (χ1) is 14.6. The summed E-state index contributed by atoms with van der Waals surface area (Å²) in [4.78, 5) is 21.4. The van der Waals surface area contributed by atoms with Crippen molar-refractivity contribution in [1.82, 2.24) is 34.8 Å². The van der Waals surface area contributed by atoms with Gasteiger partial charge in [-0.05, 0) is 51.0 Å². The summed E-state index contributed by atoms with van der Waals surface area (Å²) in [5.41, 5.74) is 5.63. The molecule has 0 bridgehead atoms. The highest BCUT2D eigenvalue weighted by atomic mass is 16.2. The van der Waals surface area contributed by atoms with Gasteiger partial charge < -0.3 is 4.90 Å². The number of piperazine rings is 1. The van der Waals surface area contributed by atoms with Crippen LogP contribution in [0.1, 0.15) is 34.4 Å². The molecule has 0 saturated carbocycles. The Balaban J connectivity index is 1.35. The Labute approximate surface area is 176 Å². The van der Waals surface area contributed by atoms with Crippen LogP contribution in [0.2, 0.25) is 0 Å². The third-order valence-electron chi connectivity index (χ3n) is 5.87. The monoisotopic (exact) mass is 407 g/mol. The number of amides is 1. The molecule has 158 valence electrons. The Morgan fingerprint density at radius 3 is 2.53 bits per heavy atom. The average Bonchev–Trinajstić information content (AvgIpc) is 3.36. The summed E-state index contributed by atoms with van der Waals surface area (Å²) in [5.74, 6) is 0.0146. The summed E-state index contributed by atoms with van der Waals surface area (Å²) in [5, 5.41) is 11.9. The maximum Gasteiger partial charge on any atom is 0.271 e. The highest BCUT2D eigenvalue weighted by molar-refractivity contribution is 5.93. The van der Waals surface area contributed by atoms with Crippen LogP contribution in [0.3, 0.4) is 0 Å². The predicted octanol–water partition coefficient (Wildman–Crippen LogP) is 2.31. The van der Waals surface area contributed by atoms with E-state index in [1.807, 2.05) is 41.9 Å². The van der Waals surface area contributed by atoms with Crippen LogP contribution >= 0.6 is 0 Å². The molecule has 4 heterocycles. The maximum atomic E-state index is 13.0. The van der Waals surface area contributed by atoms with Crippen molar-refractivity contribution in [2.45, 2.75) is 33.7 Å². The van der Waals surface area contributed by atoms with Crippen LogP contribution < -0.4 is 0 Å². The van der Waals surface area contributed by atoms with Gasteiger partial charge in [-0.25, -0.2) is 0 Å². The van der Waals surface area contributed by atoms with Crippen LogP contribution in [-0.2, 0) is 13.0 Å². The largest absolute Gasteiger partial charge is 0.335 e. The van der Waals surface area contributed by atoms with E-state index in [1.54, 1.807) is 0 Å². The molecular formula is C22H29N7O. The van der Waals surface area contributed by atoms with Gasteiger partial charge in [0.1, 0.15) is 5.69 Å². The first-order valence-electron chi connectivity index (χ1n) is 10.6. The Kier molecular flexibility index (Phi) is 5.94. The fraction of sp³-hybridized carbons (Fsp3) is 0.455. The molecule has 0 spiro atoms. The molecule has 3 aromatic heterocycles. The SMILES string of the molecule is CCn1nc(C)c(-c2cc(C(=O)N3CCN(CCc4ccncc4)CC3)[nH]n2)c1C. The minimum absolute atomic E-state index is 0.0146. The van der Waals surface area contributed by atoms with Crippen molar-refractivity contribution in [2.24, 2.45) is 0 Å². The Morgan fingerprint density at radius 1 is 1.13 bits per heavy atom. The lowest BCUT2D eigenvalue weighted by Crippen LogP contribution is -2.49. The van der Waals surface area contributed by atoms with E-state index in [0.29, 0.717) is 5.69 Å². The fourth-order valence-corrected chi connectivity index (χ4v) is 4.12. The number of carbonyl (C=O) groups is 1. The Hall–Kier alpha value is -3.00. The second kappa shape index (κ2) is 8.79. The molecule has 1 aliphatic rings. The maximum absolute atomic E-state index is 13.0. The number of nitrogens with zero attached hydrogens (tertiary/aromatic N) is 6. The number of carbonyl (C=O) groups excluding carboxylic acids is 1. The van der Waals surface area contributed by atoms with E-state index in [0.717, 1.165) is 68.3 Å². The minimum atomic E-state index is 0.0146. The van der Waals surface area contributed by atoms with Crippen molar-refractivity contribution in [3.05, 3.63) is 53.2 Å². The first-order valence-corrected chi connectivity index (χ1v) is 10.6. The molecule has 1 aliphatic heterocycles. The van der Waals surface area contributed by atoms with Gasteiger partial charge in [0.2, 0.25) is 0 Å².